The quantitative estimate of drug-likeness (QED) is 0.555. The minimum atomic E-state index is 0.129. The number of unbranched alkanes of at least 4 members (excludes halogenated alkanes) is 5. The minimum absolute atomic E-state index is 0.129. The molecule has 0 atom stereocenters. The first kappa shape index (κ1) is 14.9. The third kappa shape index (κ3) is 11.0. The zero-order valence-corrected chi connectivity index (χ0v) is 10.0. The van der Waals surface area contributed by atoms with E-state index in [9.17, 15) is 4.79 Å². The lowest BCUT2D eigenvalue weighted by molar-refractivity contribution is -0.121. The lowest BCUT2D eigenvalue weighted by Crippen LogP contribution is -2.23. The Kier molecular flexibility index (Phi) is 11.2. The van der Waals surface area contributed by atoms with Crippen LogP contribution in [0.4, 0.5) is 0 Å². The highest BCUT2D eigenvalue weighted by molar-refractivity contribution is 5.75. The number of nitriles is 1. The molecule has 0 bridgehead atoms. The first-order valence-electron chi connectivity index (χ1n) is 6.15. The number of nitrogens with zero attached hydrogens (tertiary/aromatic N) is 1. The van der Waals surface area contributed by atoms with Crippen LogP contribution in [0.2, 0.25) is 0 Å². The standard InChI is InChI=1S/C12H23N3O/c13-9-5-2-1-4-8-12(16)15-11-7-3-6-10-14/h1-9,11,13H2,(H,15,16). The molecule has 16 heavy (non-hydrogen) atoms. The molecular formula is C12H23N3O. The summed E-state index contributed by atoms with van der Waals surface area (Å²) in [7, 11) is 0. The fraction of sp³-hybridized carbons (Fsp3) is 0.833. The lowest BCUT2D eigenvalue weighted by atomic mass is 10.1. The molecule has 0 aliphatic carbocycles. The predicted octanol–water partition coefficient (Wildman–Crippen LogP) is 1.71. The Labute approximate surface area is 98.2 Å². The number of rotatable bonds is 10. The summed E-state index contributed by atoms with van der Waals surface area (Å²) in [5.74, 6) is 0.129. The van der Waals surface area contributed by atoms with Crippen LogP contribution in [-0.4, -0.2) is 19.0 Å². The molecule has 4 nitrogen and oxygen atoms in total. The number of nitrogens with one attached hydrogen (secondary N) is 1. The third-order valence-electron chi connectivity index (χ3n) is 2.40. The molecule has 0 saturated heterocycles. The van der Waals surface area contributed by atoms with Crippen molar-refractivity contribution in [1.82, 2.24) is 5.32 Å². The summed E-state index contributed by atoms with van der Waals surface area (Å²) in [5.41, 5.74) is 5.37. The first-order chi connectivity index (χ1) is 7.81. The molecule has 0 spiro atoms. The summed E-state index contributed by atoms with van der Waals surface area (Å²) in [4.78, 5) is 11.3. The molecule has 0 radical (unpaired) electrons. The molecular weight excluding hydrogens is 202 g/mol. The van der Waals surface area contributed by atoms with Crippen LogP contribution in [0, 0.1) is 11.3 Å². The number of nitrogens with two attached hydrogens (primary N) is 1. The first-order valence-corrected chi connectivity index (χ1v) is 6.15. The van der Waals surface area contributed by atoms with E-state index in [-0.39, 0.29) is 5.91 Å². The van der Waals surface area contributed by atoms with Crippen LogP contribution in [0.15, 0.2) is 0 Å². The highest BCUT2D eigenvalue weighted by Gasteiger charge is 1.99. The second kappa shape index (κ2) is 12.0. The van der Waals surface area contributed by atoms with Gasteiger partial charge in [0.25, 0.3) is 0 Å². The molecule has 0 aromatic carbocycles. The van der Waals surface area contributed by atoms with Gasteiger partial charge in [-0.3, -0.25) is 4.79 Å². The number of hydrogen-bond donors (Lipinski definition) is 2. The Bertz CT molecular complexity index is 211. The van der Waals surface area contributed by atoms with E-state index in [1.807, 2.05) is 0 Å². The summed E-state index contributed by atoms with van der Waals surface area (Å²) >= 11 is 0. The van der Waals surface area contributed by atoms with E-state index in [1.54, 1.807) is 0 Å². The zero-order chi connectivity index (χ0) is 12.1. The number of hydrogen-bond acceptors (Lipinski definition) is 3. The van der Waals surface area contributed by atoms with Crippen molar-refractivity contribution in [2.24, 2.45) is 5.73 Å². The lowest BCUT2D eigenvalue weighted by Gasteiger charge is -2.04. The van der Waals surface area contributed by atoms with Gasteiger partial charge in [-0.2, -0.15) is 5.26 Å². The van der Waals surface area contributed by atoms with Gasteiger partial charge in [0.2, 0.25) is 5.91 Å². The highest BCUT2D eigenvalue weighted by atomic mass is 16.1. The van der Waals surface area contributed by atoms with Crippen LogP contribution in [0.25, 0.3) is 0 Å². The fourth-order valence-corrected chi connectivity index (χ4v) is 1.43. The average molecular weight is 225 g/mol. The maximum absolute atomic E-state index is 11.3. The van der Waals surface area contributed by atoms with E-state index in [0.29, 0.717) is 19.4 Å². The monoisotopic (exact) mass is 225 g/mol. The number of carbonyl (C=O) groups excluding carboxylic acids is 1. The van der Waals surface area contributed by atoms with Crippen LogP contribution in [0.5, 0.6) is 0 Å². The van der Waals surface area contributed by atoms with Gasteiger partial charge in [-0.05, 0) is 32.2 Å². The summed E-state index contributed by atoms with van der Waals surface area (Å²) < 4.78 is 0. The summed E-state index contributed by atoms with van der Waals surface area (Å²) in [5, 5.41) is 11.2. The van der Waals surface area contributed by atoms with Crippen molar-refractivity contribution in [3.05, 3.63) is 0 Å². The Morgan fingerprint density at radius 2 is 1.88 bits per heavy atom. The summed E-state index contributed by atoms with van der Waals surface area (Å²) in [6.07, 6.45) is 7.16. The number of carbonyl (C=O) groups is 1. The maximum Gasteiger partial charge on any atom is 0.219 e. The summed E-state index contributed by atoms with van der Waals surface area (Å²) in [6.45, 7) is 1.44. The molecule has 1 amide bonds. The van der Waals surface area contributed by atoms with Crippen LogP contribution >= 0.6 is 0 Å². The second-order valence-electron chi connectivity index (χ2n) is 3.92. The Balaban J connectivity index is 3.16. The van der Waals surface area contributed by atoms with Gasteiger partial charge in [0.05, 0.1) is 6.07 Å². The molecule has 3 N–H and O–H groups in total. The molecule has 0 aromatic rings. The van der Waals surface area contributed by atoms with E-state index in [2.05, 4.69) is 11.4 Å². The van der Waals surface area contributed by atoms with Gasteiger partial charge in [0, 0.05) is 19.4 Å². The molecule has 0 aliphatic rings. The van der Waals surface area contributed by atoms with Gasteiger partial charge in [-0.1, -0.05) is 12.8 Å². The maximum atomic E-state index is 11.3. The molecule has 0 aromatic heterocycles. The van der Waals surface area contributed by atoms with Crippen molar-refractivity contribution < 1.29 is 4.79 Å². The fourth-order valence-electron chi connectivity index (χ4n) is 1.43. The number of amides is 1. The van der Waals surface area contributed by atoms with Gasteiger partial charge in [-0.15, -0.1) is 0 Å². The van der Waals surface area contributed by atoms with E-state index in [4.69, 9.17) is 11.0 Å². The highest BCUT2D eigenvalue weighted by Crippen LogP contribution is 2.02. The van der Waals surface area contributed by atoms with E-state index < -0.39 is 0 Å². The molecule has 0 aliphatic heterocycles. The van der Waals surface area contributed by atoms with Gasteiger partial charge in [0.1, 0.15) is 0 Å². The molecule has 0 saturated carbocycles. The molecule has 4 heteroatoms. The van der Waals surface area contributed by atoms with Gasteiger partial charge in [-0.25, -0.2) is 0 Å². The molecule has 0 fully saturated rings. The van der Waals surface area contributed by atoms with Crippen LogP contribution in [-0.2, 0) is 4.79 Å². The zero-order valence-electron chi connectivity index (χ0n) is 10.0. The van der Waals surface area contributed by atoms with Crippen LogP contribution in [0.3, 0.4) is 0 Å². The minimum Gasteiger partial charge on any atom is -0.356 e. The van der Waals surface area contributed by atoms with Crippen molar-refractivity contribution in [1.29, 1.82) is 5.26 Å². The van der Waals surface area contributed by atoms with E-state index >= 15 is 0 Å². The van der Waals surface area contributed by atoms with Crippen molar-refractivity contribution in [3.63, 3.8) is 0 Å². The van der Waals surface area contributed by atoms with Gasteiger partial charge in [0.15, 0.2) is 0 Å². The Morgan fingerprint density at radius 1 is 1.12 bits per heavy atom. The predicted molar refractivity (Wildman–Crippen MR) is 64.6 cm³/mol. The van der Waals surface area contributed by atoms with Crippen molar-refractivity contribution in [3.8, 4) is 6.07 Å². The average Bonchev–Trinajstić information content (AvgIpc) is 2.28. The molecule has 0 heterocycles. The van der Waals surface area contributed by atoms with E-state index in [0.717, 1.165) is 45.1 Å². The van der Waals surface area contributed by atoms with Crippen LogP contribution in [0.1, 0.15) is 51.4 Å². The van der Waals surface area contributed by atoms with Crippen LogP contribution < -0.4 is 11.1 Å². The largest absolute Gasteiger partial charge is 0.356 e. The van der Waals surface area contributed by atoms with Crippen molar-refractivity contribution in [2.45, 2.75) is 51.4 Å². The topological polar surface area (TPSA) is 78.9 Å². The van der Waals surface area contributed by atoms with Gasteiger partial charge < -0.3 is 11.1 Å². The molecule has 92 valence electrons. The van der Waals surface area contributed by atoms with Gasteiger partial charge >= 0.3 is 0 Å². The second-order valence-corrected chi connectivity index (χ2v) is 3.92. The smallest absolute Gasteiger partial charge is 0.219 e. The molecule has 0 rings (SSSR count). The SMILES string of the molecule is N#CCCCCNC(=O)CCCCCCN. The van der Waals surface area contributed by atoms with Crippen molar-refractivity contribution in [2.75, 3.05) is 13.1 Å². The Morgan fingerprint density at radius 3 is 2.56 bits per heavy atom. The normalized spacial score (nSPS) is 9.75. The summed E-state index contributed by atoms with van der Waals surface area (Å²) in [6, 6.07) is 2.09. The third-order valence-corrected chi connectivity index (χ3v) is 2.40. The van der Waals surface area contributed by atoms with Crippen molar-refractivity contribution >= 4 is 5.91 Å². The van der Waals surface area contributed by atoms with E-state index in [1.165, 1.54) is 0 Å². The molecule has 0 unspecified atom stereocenters. The Hall–Kier alpha value is -1.08.